The van der Waals surface area contributed by atoms with E-state index in [4.69, 9.17) is 9.72 Å². The Hall–Kier alpha value is -1.92. The van der Waals surface area contributed by atoms with Crippen LogP contribution in [0.5, 0.6) is 5.75 Å². The van der Waals surface area contributed by atoms with Gasteiger partial charge < -0.3 is 9.64 Å². The monoisotopic (exact) mass is 371 g/mol. The summed E-state index contributed by atoms with van der Waals surface area (Å²) in [5, 5.41) is 1.24. The maximum absolute atomic E-state index is 12.5. The van der Waals surface area contributed by atoms with Gasteiger partial charge in [-0.05, 0) is 37.0 Å². The number of aromatic nitrogens is 1. The molecule has 1 aliphatic carbocycles. The average Bonchev–Trinajstić information content (AvgIpc) is 3.24. The molecule has 0 unspecified atom stereocenters. The number of fused-ring (bicyclic) bond motifs is 1. The fourth-order valence-corrected chi connectivity index (χ4v) is 4.89. The minimum Gasteiger partial charge on any atom is -0.497 e. The van der Waals surface area contributed by atoms with Crippen LogP contribution in [0.3, 0.4) is 0 Å². The van der Waals surface area contributed by atoms with Gasteiger partial charge in [0.25, 0.3) is 0 Å². The lowest BCUT2D eigenvalue weighted by Gasteiger charge is -2.34. The number of aryl methyl sites for hydroxylation is 2. The SMILES string of the molecule is COc1ccc(CC(=O)N2CCN(Cc3nc4c(s3)CCC4)CC2)cc1. The highest BCUT2D eigenvalue weighted by molar-refractivity contribution is 7.11. The number of benzene rings is 1. The van der Waals surface area contributed by atoms with Gasteiger partial charge in [-0.25, -0.2) is 4.98 Å². The Bertz CT molecular complexity index is 742. The van der Waals surface area contributed by atoms with Gasteiger partial charge >= 0.3 is 0 Å². The molecule has 0 saturated carbocycles. The summed E-state index contributed by atoms with van der Waals surface area (Å²) < 4.78 is 5.17. The van der Waals surface area contributed by atoms with E-state index in [1.165, 1.54) is 28.4 Å². The molecule has 0 radical (unpaired) electrons. The van der Waals surface area contributed by atoms with Gasteiger partial charge in [-0.15, -0.1) is 11.3 Å². The van der Waals surface area contributed by atoms with Gasteiger partial charge in [-0.1, -0.05) is 12.1 Å². The largest absolute Gasteiger partial charge is 0.497 e. The number of nitrogens with zero attached hydrogens (tertiary/aromatic N) is 3. The van der Waals surface area contributed by atoms with Crippen LogP contribution in [-0.4, -0.2) is 54.0 Å². The van der Waals surface area contributed by atoms with Gasteiger partial charge in [-0.3, -0.25) is 9.69 Å². The second-order valence-corrected chi connectivity index (χ2v) is 8.18. The van der Waals surface area contributed by atoms with E-state index in [1.807, 2.05) is 40.5 Å². The molecule has 2 aromatic rings. The van der Waals surface area contributed by atoms with Crippen LogP contribution in [0.25, 0.3) is 0 Å². The van der Waals surface area contributed by atoms with Crippen molar-refractivity contribution in [1.29, 1.82) is 0 Å². The Kier molecular flexibility index (Phi) is 5.22. The van der Waals surface area contributed by atoms with Crippen molar-refractivity contribution in [1.82, 2.24) is 14.8 Å². The number of piperazine rings is 1. The van der Waals surface area contributed by atoms with Crippen LogP contribution in [0.1, 0.15) is 27.6 Å². The molecule has 1 aromatic heterocycles. The van der Waals surface area contributed by atoms with Crippen molar-refractivity contribution in [2.45, 2.75) is 32.2 Å². The van der Waals surface area contributed by atoms with E-state index < -0.39 is 0 Å². The molecule has 0 atom stereocenters. The molecule has 1 saturated heterocycles. The van der Waals surface area contributed by atoms with Gasteiger partial charge in [-0.2, -0.15) is 0 Å². The van der Waals surface area contributed by atoms with Crippen LogP contribution in [0.15, 0.2) is 24.3 Å². The van der Waals surface area contributed by atoms with Crippen molar-refractivity contribution in [3.8, 4) is 5.75 Å². The Morgan fingerprint density at radius 2 is 1.92 bits per heavy atom. The van der Waals surface area contributed by atoms with Crippen LogP contribution in [0.4, 0.5) is 0 Å². The number of amides is 1. The van der Waals surface area contributed by atoms with Gasteiger partial charge in [0.15, 0.2) is 0 Å². The minimum absolute atomic E-state index is 0.211. The van der Waals surface area contributed by atoms with Crippen LogP contribution in [0, 0.1) is 0 Å². The van der Waals surface area contributed by atoms with E-state index >= 15 is 0 Å². The predicted octanol–water partition coefficient (Wildman–Crippen LogP) is 2.53. The van der Waals surface area contributed by atoms with Crippen molar-refractivity contribution in [2.24, 2.45) is 0 Å². The summed E-state index contributed by atoms with van der Waals surface area (Å²) in [5.74, 6) is 1.03. The first kappa shape index (κ1) is 17.5. The highest BCUT2D eigenvalue weighted by Gasteiger charge is 2.23. The van der Waals surface area contributed by atoms with Crippen LogP contribution in [-0.2, 0) is 30.6 Å². The molecular weight excluding hydrogens is 346 g/mol. The van der Waals surface area contributed by atoms with Crippen molar-refractivity contribution in [2.75, 3.05) is 33.3 Å². The summed E-state index contributed by atoms with van der Waals surface area (Å²) >= 11 is 1.88. The fraction of sp³-hybridized carbons (Fsp3) is 0.500. The fourth-order valence-electron chi connectivity index (χ4n) is 3.69. The van der Waals surface area contributed by atoms with Gasteiger partial charge in [0.2, 0.25) is 5.91 Å². The molecule has 138 valence electrons. The zero-order valence-corrected chi connectivity index (χ0v) is 16.1. The average molecular weight is 372 g/mol. The lowest BCUT2D eigenvalue weighted by atomic mass is 10.1. The second kappa shape index (κ2) is 7.76. The summed E-state index contributed by atoms with van der Waals surface area (Å²) in [6.07, 6.45) is 4.09. The molecule has 6 heteroatoms. The molecule has 1 fully saturated rings. The number of methoxy groups -OCH3 is 1. The molecule has 0 spiro atoms. The lowest BCUT2D eigenvalue weighted by molar-refractivity contribution is -0.132. The summed E-state index contributed by atoms with van der Waals surface area (Å²) in [7, 11) is 1.65. The topological polar surface area (TPSA) is 45.7 Å². The van der Waals surface area contributed by atoms with E-state index in [-0.39, 0.29) is 5.91 Å². The standard InChI is InChI=1S/C20H25N3O2S/c1-25-16-7-5-15(6-8-16)13-20(24)23-11-9-22(10-12-23)14-19-21-17-3-2-4-18(17)26-19/h5-8H,2-4,9-14H2,1H3. The number of rotatable bonds is 5. The Labute approximate surface area is 158 Å². The third-order valence-corrected chi connectivity index (χ3v) is 6.38. The third kappa shape index (κ3) is 3.91. The highest BCUT2D eigenvalue weighted by atomic mass is 32.1. The molecule has 2 heterocycles. The molecule has 1 aromatic carbocycles. The number of ether oxygens (including phenoxy) is 1. The molecule has 2 aliphatic rings. The van der Waals surface area contributed by atoms with E-state index in [2.05, 4.69) is 4.90 Å². The maximum Gasteiger partial charge on any atom is 0.227 e. The van der Waals surface area contributed by atoms with Crippen molar-refractivity contribution in [3.63, 3.8) is 0 Å². The summed E-state index contributed by atoms with van der Waals surface area (Å²) in [4.78, 5) is 23.2. The van der Waals surface area contributed by atoms with Gasteiger partial charge in [0.05, 0.1) is 25.8 Å². The van der Waals surface area contributed by atoms with Gasteiger partial charge in [0, 0.05) is 31.1 Å². The lowest BCUT2D eigenvalue weighted by Crippen LogP contribution is -2.48. The molecule has 1 aliphatic heterocycles. The normalized spacial score (nSPS) is 17.3. The molecule has 4 rings (SSSR count). The summed E-state index contributed by atoms with van der Waals surface area (Å²) in [6.45, 7) is 4.40. The Morgan fingerprint density at radius 3 is 2.62 bits per heavy atom. The van der Waals surface area contributed by atoms with E-state index in [9.17, 15) is 4.79 Å². The van der Waals surface area contributed by atoms with Gasteiger partial charge in [0.1, 0.15) is 10.8 Å². The molecule has 1 amide bonds. The molecular formula is C20H25N3O2S. The number of thiazole rings is 1. The van der Waals surface area contributed by atoms with E-state index in [0.29, 0.717) is 6.42 Å². The summed E-state index contributed by atoms with van der Waals surface area (Å²) in [6, 6.07) is 7.75. The number of carbonyl (C=O) groups is 1. The zero-order valence-electron chi connectivity index (χ0n) is 15.2. The highest BCUT2D eigenvalue weighted by Crippen LogP contribution is 2.28. The first-order valence-electron chi connectivity index (χ1n) is 9.32. The smallest absolute Gasteiger partial charge is 0.227 e. The van der Waals surface area contributed by atoms with Crippen molar-refractivity contribution < 1.29 is 9.53 Å². The maximum atomic E-state index is 12.5. The molecule has 5 nitrogen and oxygen atoms in total. The molecule has 26 heavy (non-hydrogen) atoms. The van der Waals surface area contributed by atoms with Crippen molar-refractivity contribution in [3.05, 3.63) is 45.4 Å². The number of carbonyl (C=O) groups excluding carboxylic acids is 1. The first-order chi connectivity index (χ1) is 12.7. The van der Waals surface area contributed by atoms with Crippen LogP contribution in [0.2, 0.25) is 0 Å². The predicted molar refractivity (Wildman–Crippen MR) is 103 cm³/mol. The quantitative estimate of drug-likeness (QED) is 0.810. The Morgan fingerprint density at radius 1 is 1.15 bits per heavy atom. The molecule has 0 bridgehead atoms. The van der Waals surface area contributed by atoms with Crippen LogP contribution < -0.4 is 4.74 Å². The Balaban J connectivity index is 1.26. The second-order valence-electron chi connectivity index (χ2n) is 7.01. The van der Waals surface area contributed by atoms with E-state index in [1.54, 1.807) is 7.11 Å². The molecule has 0 N–H and O–H groups in total. The number of hydrogen-bond donors (Lipinski definition) is 0. The third-order valence-electron chi connectivity index (χ3n) is 5.24. The van der Waals surface area contributed by atoms with E-state index in [0.717, 1.165) is 50.5 Å². The number of hydrogen-bond acceptors (Lipinski definition) is 5. The zero-order chi connectivity index (χ0) is 17.9. The summed E-state index contributed by atoms with van der Waals surface area (Å²) in [5.41, 5.74) is 2.37. The minimum atomic E-state index is 0.211. The van der Waals surface area contributed by atoms with Crippen LogP contribution >= 0.6 is 11.3 Å². The first-order valence-corrected chi connectivity index (χ1v) is 10.1. The van der Waals surface area contributed by atoms with Crippen molar-refractivity contribution >= 4 is 17.2 Å².